The number of nitrogens with one attached hydrogen (secondary N) is 1. The molecule has 1 saturated carbocycles. The lowest BCUT2D eigenvalue weighted by Crippen LogP contribution is -2.33. The zero-order valence-electron chi connectivity index (χ0n) is 13.0. The lowest BCUT2D eigenvalue weighted by Gasteiger charge is -2.24. The molecule has 21 heavy (non-hydrogen) atoms. The largest absolute Gasteiger partial charge is 0.314 e. The highest BCUT2D eigenvalue weighted by atomic mass is 35.5. The van der Waals surface area contributed by atoms with Crippen molar-refractivity contribution in [1.82, 2.24) is 5.32 Å². The minimum absolute atomic E-state index is 0.508. The van der Waals surface area contributed by atoms with E-state index in [1.54, 1.807) is 0 Å². The normalized spacial score (nSPS) is 18.4. The maximum atomic E-state index is 6.32. The van der Waals surface area contributed by atoms with Gasteiger partial charge in [-0.05, 0) is 49.1 Å². The van der Waals surface area contributed by atoms with Crippen molar-refractivity contribution in [3.05, 3.63) is 33.8 Å². The molecule has 1 nitrogen and oxygen atoms in total. The van der Waals surface area contributed by atoms with Crippen LogP contribution >= 0.6 is 23.2 Å². The van der Waals surface area contributed by atoms with Crippen molar-refractivity contribution in [3.8, 4) is 0 Å². The molecule has 118 valence electrons. The number of hydrogen-bond donors (Lipinski definition) is 1. The first kappa shape index (κ1) is 17.1. The smallest absolute Gasteiger partial charge is 0.0439 e. The van der Waals surface area contributed by atoms with Crippen molar-refractivity contribution in [3.63, 3.8) is 0 Å². The van der Waals surface area contributed by atoms with E-state index in [1.165, 1.54) is 50.5 Å². The van der Waals surface area contributed by atoms with Gasteiger partial charge in [-0.3, -0.25) is 0 Å². The fraction of sp³-hybridized carbons (Fsp3) is 0.667. The van der Waals surface area contributed by atoms with Crippen LogP contribution < -0.4 is 5.32 Å². The van der Waals surface area contributed by atoms with Crippen LogP contribution in [-0.4, -0.2) is 12.6 Å². The molecule has 0 aromatic heterocycles. The molecule has 2 rings (SSSR count). The summed E-state index contributed by atoms with van der Waals surface area (Å²) in [4.78, 5) is 0. The summed E-state index contributed by atoms with van der Waals surface area (Å²) >= 11 is 12.4. The molecule has 1 atom stereocenters. The van der Waals surface area contributed by atoms with Gasteiger partial charge in [-0.25, -0.2) is 0 Å². The maximum Gasteiger partial charge on any atom is 0.0439 e. The topological polar surface area (TPSA) is 12.0 Å². The Morgan fingerprint density at radius 3 is 2.52 bits per heavy atom. The van der Waals surface area contributed by atoms with Gasteiger partial charge in [-0.15, -0.1) is 0 Å². The third-order valence-electron chi connectivity index (χ3n) is 4.56. The van der Waals surface area contributed by atoms with Crippen LogP contribution in [0.5, 0.6) is 0 Å². The summed E-state index contributed by atoms with van der Waals surface area (Å²) in [6.07, 6.45) is 10.7. The minimum atomic E-state index is 0.508. The molecule has 1 N–H and O–H groups in total. The van der Waals surface area contributed by atoms with Crippen molar-refractivity contribution >= 4 is 23.2 Å². The van der Waals surface area contributed by atoms with E-state index in [4.69, 9.17) is 23.2 Å². The van der Waals surface area contributed by atoms with E-state index >= 15 is 0 Å². The molecule has 0 aliphatic heterocycles. The third kappa shape index (κ3) is 5.81. The Balaban J connectivity index is 1.98. The van der Waals surface area contributed by atoms with Crippen LogP contribution in [-0.2, 0) is 6.42 Å². The molecule has 0 radical (unpaired) electrons. The molecule has 1 fully saturated rings. The molecule has 1 unspecified atom stereocenters. The van der Waals surface area contributed by atoms with Crippen molar-refractivity contribution in [2.24, 2.45) is 5.92 Å². The molecule has 1 aliphatic rings. The summed E-state index contributed by atoms with van der Waals surface area (Å²) in [5.74, 6) is 0.870. The minimum Gasteiger partial charge on any atom is -0.314 e. The zero-order valence-corrected chi connectivity index (χ0v) is 14.5. The lowest BCUT2D eigenvalue weighted by molar-refractivity contribution is 0.353. The summed E-state index contributed by atoms with van der Waals surface area (Å²) in [6.45, 7) is 3.19. The first-order valence-corrected chi connectivity index (χ1v) is 9.12. The lowest BCUT2D eigenvalue weighted by atomic mass is 9.90. The van der Waals surface area contributed by atoms with E-state index in [2.05, 4.69) is 12.2 Å². The highest BCUT2D eigenvalue weighted by Crippen LogP contribution is 2.28. The van der Waals surface area contributed by atoms with Crippen molar-refractivity contribution in [1.29, 1.82) is 0 Å². The van der Waals surface area contributed by atoms with Crippen LogP contribution in [0.3, 0.4) is 0 Å². The molecule has 1 aromatic rings. The van der Waals surface area contributed by atoms with E-state index in [9.17, 15) is 0 Å². The second kappa shape index (κ2) is 9.02. The molecule has 3 heteroatoms. The van der Waals surface area contributed by atoms with Gasteiger partial charge in [0.25, 0.3) is 0 Å². The van der Waals surface area contributed by atoms with E-state index < -0.39 is 0 Å². The van der Waals surface area contributed by atoms with E-state index in [0.29, 0.717) is 6.04 Å². The second-order valence-electron chi connectivity index (χ2n) is 6.29. The summed E-state index contributed by atoms with van der Waals surface area (Å²) < 4.78 is 0. The summed E-state index contributed by atoms with van der Waals surface area (Å²) in [5, 5.41) is 5.26. The summed E-state index contributed by atoms with van der Waals surface area (Å²) in [6, 6.07) is 6.30. The molecule has 0 amide bonds. The van der Waals surface area contributed by atoms with Gasteiger partial charge in [0, 0.05) is 16.1 Å². The average molecular weight is 328 g/mol. The van der Waals surface area contributed by atoms with Crippen LogP contribution in [0.1, 0.15) is 57.4 Å². The molecule has 0 spiro atoms. The predicted octanol–water partition coefficient (Wildman–Crippen LogP) is 5.87. The van der Waals surface area contributed by atoms with Gasteiger partial charge in [-0.2, -0.15) is 0 Å². The number of likely N-dealkylation sites (N-methyl/N-ethyl adjacent to an activating group) is 1. The third-order valence-corrected chi connectivity index (χ3v) is 5.16. The number of rotatable bonds is 6. The van der Waals surface area contributed by atoms with Crippen molar-refractivity contribution < 1.29 is 0 Å². The summed E-state index contributed by atoms with van der Waals surface area (Å²) in [5.41, 5.74) is 1.17. The SMILES string of the molecule is CCNC(Cc1cc(Cl)ccc1Cl)CC1CCCCCC1. The van der Waals surface area contributed by atoms with Crippen LogP contribution in [0.15, 0.2) is 18.2 Å². The molecule has 1 aliphatic carbocycles. The Bertz CT molecular complexity index is 425. The van der Waals surface area contributed by atoms with Gasteiger partial charge in [0.05, 0.1) is 0 Å². The van der Waals surface area contributed by atoms with E-state index in [-0.39, 0.29) is 0 Å². The predicted molar refractivity (Wildman–Crippen MR) is 93.4 cm³/mol. The molecule has 0 heterocycles. The molecule has 0 saturated heterocycles. The fourth-order valence-corrected chi connectivity index (χ4v) is 3.88. The molecular formula is C18H27Cl2N. The van der Waals surface area contributed by atoms with Crippen molar-refractivity contribution in [2.75, 3.05) is 6.54 Å². The Labute approximate surface area is 139 Å². The van der Waals surface area contributed by atoms with Gasteiger partial charge in [0.1, 0.15) is 0 Å². The van der Waals surface area contributed by atoms with Crippen LogP contribution in [0.2, 0.25) is 10.0 Å². The van der Waals surface area contributed by atoms with Gasteiger partial charge in [-0.1, -0.05) is 68.7 Å². The first-order chi connectivity index (χ1) is 10.2. The molecule has 1 aromatic carbocycles. The van der Waals surface area contributed by atoms with Gasteiger partial charge in [0.15, 0.2) is 0 Å². The zero-order chi connectivity index (χ0) is 15.1. The number of halogens is 2. The van der Waals surface area contributed by atoms with Crippen LogP contribution in [0.4, 0.5) is 0 Å². The van der Waals surface area contributed by atoms with Gasteiger partial charge in [0.2, 0.25) is 0 Å². The monoisotopic (exact) mass is 327 g/mol. The van der Waals surface area contributed by atoms with E-state index in [1.807, 2.05) is 18.2 Å². The Morgan fingerprint density at radius 2 is 1.86 bits per heavy atom. The Kier molecular flexibility index (Phi) is 7.36. The standard InChI is InChI=1S/C18H27Cl2N/c1-2-21-17(11-14-7-5-3-4-6-8-14)13-15-12-16(19)9-10-18(15)20/h9-10,12,14,17,21H,2-8,11,13H2,1H3. The summed E-state index contributed by atoms with van der Waals surface area (Å²) in [7, 11) is 0. The Morgan fingerprint density at radius 1 is 1.14 bits per heavy atom. The Hall–Kier alpha value is -0.240. The highest BCUT2D eigenvalue weighted by Gasteiger charge is 2.19. The van der Waals surface area contributed by atoms with Gasteiger partial charge < -0.3 is 5.32 Å². The highest BCUT2D eigenvalue weighted by molar-refractivity contribution is 6.33. The second-order valence-corrected chi connectivity index (χ2v) is 7.13. The number of benzene rings is 1. The first-order valence-electron chi connectivity index (χ1n) is 8.36. The van der Waals surface area contributed by atoms with Crippen LogP contribution in [0.25, 0.3) is 0 Å². The van der Waals surface area contributed by atoms with Gasteiger partial charge >= 0.3 is 0 Å². The molecular weight excluding hydrogens is 301 g/mol. The fourth-order valence-electron chi connectivity index (χ4n) is 3.49. The quantitative estimate of drug-likeness (QED) is 0.644. The average Bonchev–Trinajstić information content (AvgIpc) is 2.72. The van der Waals surface area contributed by atoms with Crippen molar-refractivity contribution in [2.45, 2.75) is 64.3 Å². The number of hydrogen-bond acceptors (Lipinski definition) is 1. The van der Waals surface area contributed by atoms with E-state index in [0.717, 1.165) is 28.9 Å². The molecule has 0 bridgehead atoms. The maximum absolute atomic E-state index is 6.32. The van der Waals surface area contributed by atoms with Crippen LogP contribution in [0, 0.1) is 5.92 Å².